The molecule has 5 amide bonds. The van der Waals surface area contributed by atoms with Gasteiger partial charge in [-0.15, -0.1) is 0 Å². The highest BCUT2D eigenvalue weighted by molar-refractivity contribution is 6.05. The van der Waals surface area contributed by atoms with Crippen molar-refractivity contribution in [3.63, 3.8) is 0 Å². The van der Waals surface area contributed by atoms with E-state index in [1.165, 1.54) is 11.8 Å². The van der Waals surface area contributed by atoms with E-state index in [2.05, 4.69) is 16.2 Å². The predicted octanol–water partition coefficient (Wildman–Crippen LogP) is 1.95. The molecule has 0 saturated carbocycles. The molecule has 1 heterocycles. The normalized spacial score (nSPS) is 16.5. The summed E-state index contributed by atoms with van der Waals surface area (Å²) in [5.74, 6) is -1.22. The molecular weight excluding hydrogens is 502 g/mol. The Hall–Kier alpha value is -2.82. The van der Waals surface area contributed by atoms with Gasteiger partial charge in [0.25, 0.3) is 0 Å². The van der Waals surface area contributed by atoms with E-state index < -0.39 is 17.5 Å². The number of imide groups is 1. The maximum atomic E-state index is 12.9. The van der Waals surface area contributed by atoms with Gasteiger partial charge in [0.15, 0.2) is 5.78 Å². The molecule has 0 bridgehead atoms. The third-order valence-corrected chi connectivity index (χ3v) is 7.04. The molecule has 222 valence electrons. The molecule has 1 aliphatic rings. The number of ketones is 1. The van der Waals surface area contributed by atoms with Gasteiger partial charge in [-0.1, -0.05) is 48.0 Å². The number of likely N-dealkylation sites (tertiary alicyclic amines) is 1. The van der Waals surface area contributed by atoms with Gasteiger partial charge in [-0.25, -0.2) is 0 Å². The van der Waals surface area contributed by atoms with Crippen molar-refractivity contribution in [3.05, 3.63) is 0 Å². The first-order valence-electron chi connectivity index (χ1n) is 14.0. The van der Waals surface area contributed by atoms with Crippen LogP contribution < -0.4 is 16.2 Å². The number of carbonyl (C=O) groups is 6. The first-order chi connectivity index (χ1) is 18.1. The van der Waals surface area contributed by atoms with Crippen molar-refractivity contribution in [2.45, 2.75) is 105 Å². The van der Waals surface area contributed by atoms with E-state index in [-0.39, 0.29) is 66.4 Å². The van der Waals surface area contributed by atoms with Crippen molar-refractivity contribution in [2.75, 3.05) is 20.1 Å². The third-order valence-electron chi connectivity index (χ3n) is 7.04. The first kappa shape index (κ1) is 34.2. The van der Waals surface area contributed by atoms with E-state index in [9.17, 15) is 28.8 Å². The maximum absolute atomic E-state index is 12.9. The van der Waals surface area contributed by atoms with E-state index in [0.717, 1.165) is 0 Å². The lowest BCUT2D eigenvalue weighted by atomic mass is 9.92. The van der Waals surface area contributed by atoms with Crippen LogP contribution in [0.25, 0.3) is 0 Å². The second-order valence-corrected chi connectivity index (χ2v) is 11.9. The lowest BCUT2D eigenvalue weighted by molar-refractivity contribution is -0.141. The Balaban J connectivity index is 2.30. The Morgan fingerprint density at radius 3 is 1.92 bits per heavy atom. The summed E-state index contributed by atoms with van der Waals surface area (Å²) in [5.41, 5.74) is 4.19. The van der Waals surface area contributed by atoms with E-state index in [1.54, 1.807) is 13.8 Å². The fourth-order valence-corrected chi connectivity index (χ4v) is 4.87. The van der Waals surface area contributed by atoms with Crippen LogP contribution in [0.4, 0.5) is 0 Å². The van der Waals surface area contributed by atoms with Gasteiger partial charge in [-0.2, -0.15) is 0 Å². The smallest absolute Gasteiger partial charge is 0.238 e. The zero-order chi connectivity index (χ0) is 29.9. The number of carbonyl (C=O) groups excluding carboxylic acids is 6. The lowest BCUT2D eigenvalue weighted by Gasteiger charge is -2.32. The van der Waals surface area contributed by atoms with Crippen molar-refractivity contribution in [2.24, 2.45) is 17.3 Å². The molecule has 0 aromatic heterocycles. The maximum Gasteiger partial charge on any atom is 0.238 e. The Labute approximate surface area is 233 Å². The van der Waals surface area contributed by atoms with Crippen molar-refractivity contribution in [1.82, 2.24) is 26.0 Å². The number of unbranched alkanes of at least 4 members (excludes halogenated alkanes) is 2. The van der Waals surface area contributed by atoms with Crippen LogP contribution in [0.2, 0.25) is 0 Å². The van der Waals surface area contributed by atoms with Crippen LogP contribution in [0.1, 0.15) is 93.4 Å². The van der Waals surface area contributed by atoms with Crippen LogP contribution in [0.3, 0.4) is 0 Å². The van der Waals surface area contributed by atoms with Crippen LogP contribution in [0.15, 0.2) is 0 Å². The quantitative estimate of drug-likeness (QED) is 0.151. The molecule has 1 unspecified atom stereocenters. The van der Waals surface area contributed by atoms with Gasteiger partial charge in [-0.05, 0) is 51.6 Å². The van der Waals surface area contributed by atoms with Crippen LogP contribution in [0.5, 0.6) is 0 Å². The summed E-state index contributed by atoms with van der Waals surface area (Å²) < 4.78 is 0. The molecule has 0 aromatic rings. The van der Waals surface area contributed by atoms with Gasteiger partial charge in [0.2, 0.25) is 29.5 Å². The highest BCUT2D eigenvalue weighted by Gasteiger charge is 2.44. The summed E-state index contributed by atoms with van der Waals surface area (Å²) in [5, 5.41) is 2.87. The SMILES string of the molecule is CC(=O)[C@@H](NC(=O)C(C(C)C)N(C)CCCC(=O)NNC(=O)CCCCCN1C(=O)CC(C)(C)C1=O)C(C)C. The summed E-state index contributed by atoms with van der Waals surface area (Å²) in [7, 11) is 1.82. The molecule has 11 nitrogen and oxygen atoms in total. The zero-order valence-corrected chi connectivity index (χ0v) is 25.0. The number of rotatable bonds is 16. The van der Waals surface area contributed by atoms with Gasteiger partial charge in [0.1, 0.15) is 0 Å². The number of hydrazine groups is 1. The molecule has 1 saturated heterocycles. The molecule has 0 aromatic carbocycles. The van der Waals surface area contributed by atoms with Crippen LogP contribution in [0, 0.1) is 17.3 Å². The molecule has 0 aliphatic carbocycles. The second-order valence-electron chi connectivity index (χ2n) is 11.9. The molecule has 39 heavy (non-hydrogen) atoms. The Morgan fingerprint density at radius 1 is 0.897 bits per heavy atom. The highest BCUT2D eigenvalue weighted by Crippen LogP contribution is 2.31. The number of hydrogen-bond donors (Lipinski definition) is 3. The van der Waals surface area contributed by atoms with Crippen molar-refractivity contribution in [3.8, 4) is 0 Å². The van der Waals surface area contributed by atoms with Crippen LogP contribution in [-0.4, -0.2) is 77.3 Å². The average Bonchev–Trinajstić information content (AvgIpc) is 3.01. The fraction of sp³-hybridized carbons (Fsp3) is 0.786. The van der Waals surface area contributed by atoms with Gasteiger partial charge in [-0.3, -0.25) is 49.4 Å². The standard InChI is InChI=1S/C28H49N5O6/c1-18(2)24(20(5)34)29-26(38)25(19(3)4)32(8)15-12-14-22(36)31-30-21(35)13-10-9-11-16-33-23(37)17-28(6,7)27(33)39/h18-19,24-25H,9-17H2,1-8H3,(H,29,38)(H,30,35)(H,31,36)/t24-,25?/m0/s1. The predicted molar refractivity (Wildman–Crippen MR) is 148 cm³/mol. The topological polar surface area (TPSA) is 145 Å². The van der Waals surface area contributed by atoms with Crippen LogP contribution >= 0.6 is 0 Å². The number of likely N-dealkylation sites (N-methyl/N-ethyl adjacent to an activating group) is 1. The lowest BCUT2D eigenvalue weighted by Crippen LogP contribution is -2.54. The van der Waals surface area contributed by atoms with Crippen molar-refractivity contribution >= 4 is 35.3 Å². The molecule has 3 N–H and O–H groups in total. The van der Waals surface area contributed by atoms with Gasteiger partial charge >= 0.3 is 0 Å². The van der Waals surface area contributed by atoms with E-state index in [1.807, 2.05) is 39.6 Å². The van der Waals surface area contributed by atoms with E-state index in [4.69, 9.17) is 0 Å². The molecule has 1 aliphatic heterocycles. The van der Waals surface area contributed by atoms with Crippen LogP contribution in [-0.2, 0) is 28.8 Å². The average molecular weight is 552 g/mol. The molecule has 2 atom stereocenters. The molecule has 1 rings (SSSR count). The number of Topliss-reactive ketones (excluding diaryl/α,β-unsaturated/α-hetero) is 1. The molecular formula is C28H49N5O6. The zero-order valence-electron chi connectivity index (χ0n) is 25.0. The minimum atomic E-state index is -0.636. The van der Waals surface area contributed by atoms with E-state index in [0.29, 0.717) is 38.8 Å². The van der Waals surface area contributed by atoms with Crippen molar-refractivity contribution < 1.29 is 28.8 Å². The molecule has 0 radical (unpaired) electrons. The number of hydrogen-bond acceptors (Lipinski definition) is 7. The highest BCUT2D eigenvalue weighted by atomic mass is 16.2. The largest absolute Gasteiger partial charge is 0.345 e. The summed E-state index contributed by atoms with van der Waals surface area (Å²) in [4.78, 5) is 76.4. The van der Waals surface area contributed by atoms with Gasteiger partial charge in [0.05, 0.1) is 17.5 Å². The minimum Gasteiger partial charge on any atom is -0.345 e. The van der Waals surface area contributed by atoms with Crippen molar-refractivity contribution in [1.29, 1.82) is 0 Å². The van der Waals surface area contributed by atoms with E-state index >= 15 is 0 Å². The number of nitrogens with zero attached hydrogens (tertiary/aromatic N) is 2. The summed E-state index contributed by atoms with van der Waals surface area (Å²) in [6, 6.07) is -0.978. The summed E-state index contributed by atoms with van der Waals surface area (Å²) in [6.07, 6.45) is 3.00. The van der Waals surface area contributed by atoms with Gasteiger partial charge < -0.3 is 5.32 Å². The Kier molecular flexibility index (Phi) is 13.8. The van der Waals surface area contributed by atoms with Gasteiger partial charge in [0, 0.05) is 25.8 Å². The number of nitrogens with one attached hydrogen (secondary N) is 3. The monoisotopic (exact) mass is 551 g/mol. The molecule has 0 spiro atoms. The first-order valence-corrected chi connectivity index (χ1v) is 14.0. The summed E-state index contributed by atoms with van der Waals surface area (Å²) in [6.45, 7) is 13.5. The fourth-order valence-electron chi connectivity index (χ4n) is 4.87. The minimum absolute atomic E-state index is 0.00561. The Morgan fingerprint density at radius 2 is 1.46 bits per heavy atom. The second kappa shape index (κ2) is 15.7. The molecule has 1 fully saturated rings. The summed E-state index contributed by atoms with van der Waals surface area (Å²) >= 11 is 0. The Bertz CT molecular complexity index is 901. The third kappa shape index (κ3) is 11.1. The number of amides is 5. The molecule has 11 heteroatoms.